The van der Waals surface area contributed by atoms with E-state index >= 15 is 0 Å². The van der Waals surface area contributed by atoms with E-state index in [4.69, 9.17) is 4.98 Å². The van der Waals surface area contributed by atoms with E-state index in [1.54, 1.807) is 11.3 Å². The minimum atomic E-state index is 0. The standard InChI is InChI=1S/C19H22BrN3OS2.ClH/c1-12-10-13(2)17-15(11-12)26-19(21-17)23(9-5-8-22(3)4)18(24)14-6-7-16(20)25-14;/h6-7,10-11H,5,8-9H2,1-4H3;1H. The van der Waals surface area contributed by atoms with Gasteiger partial charge in [0, 0.05) is 6.54 Å². The van der Waals surface area contributed by atoms with Gasteiger partial charge in [-0.3, -0.25) is 9.69 Å². The summed E-state index contributed by atoms with van der Waals surface area (Å²) in [6.45, 7) is 5.76. The molecule has 3 rings (SSSR count). The number of thiophene rings is 1. The Morgan fingerprint density at radius 2 is 1.89 bits per heavy atom. The predicted molar refractivity (Wildman–Crippen MR) is 123 cm³/mol. The molecule has 0 saturated carbocycles. The Labute approximate surface area is 182 Å². The first-order valence-electron chi connectivity index (χ1n) is 8.45. The summed E-state index contributed by atoms with van der Waals surface area (Å²) in [5.41, 5.74) is 3.37. The van der Waals surface area contributed by atoms with E-state index in [0.717, 1.165) is 42.5 Å². The third-order valence-corrected chi connectivity index (χ3v) is 6.70. The highest BCUT2D eigenvalue weighted by Crippen LogP contribution is 2.33. The van der Waals surface area contributed by atoms with Crippen LogP contribution in [0.15, 0.2) is 28.1 Å². The van der Waals surface area contributed by atoms with Crippen LogP contribution in [0.2, 0.25) is 0 Å². The third-order valence-electron chi connectivity index (χ3n) is 4.07. The molecular formula is C19H23BrClN3OS2. The van der Waals surface area contributed by atoms with Crippen LogP contribution < -0.4 is 4.90 Å². The maximum absolute atomic E-state index is 13.1. The van der Waals surface area contributed by atoms with Gasteiger partial charge >= 0.3 is 0 Å². The van der Waals surface area contributed by atoms with Crippen molar-refractivity contribution in [2.75, 3.05) is 32.1 Å². The second-order valence-electron chi connectivity index (χ2n) is 6.64. The number of hydrogen-bond acceptors (Lipinski definition) is 5. The van der Waals surface area contributed by atoms with Crippen LogP contribution in [0, 0.1) is 13.8 Å². The summed E-state index contributed by atoms with van der Waals surface area (Å²) >= 11 is 6.51. The Hall–Kier alpha value is -0.990. The zero-order chi connectivity index (χ0) is 18.8. The molecule has 27 heavy (non-hydrogen) atoms. The van der Waals surface area contributed by atoms with E-state index in [1.807, 2.05) is 31.1 Å². The van der Waals surface area contributed by atoms with Crippen LogP contribution in [0.5, 0.6) is 0 Å². The average Bonchev–Trinajstić information content (AvgIpc) is 3.17. The largest absolute Gasteiger partial charge is 0.309 e. The van der Waals surface area contributed by atoms with E-state index in [0.29, 0.717) is 6.54 Å². The van der Waals surface area contributed by atoms with Gasteiger partial charge in [0.2, 0.25) is 0 Å². The lowest BCUT2D eigenvalue weighted by Gasteiger charge is -2.20. The van der Waals surface area contributed by atoms with Crippen molar-refractivity contribution in [1.29, 1.82) is 0 Å². The number of benzene rings is 1. The molecule has 0 bridgehead atoms. The van der Waals surface area contributed by atoms with Gasteiger partial charge in [-0.1, -0.05) is 17.4 Å². The zero-order valence-electron chi connectivity index (χ0n) is 15.8. The van der Waals surface area contributed by atoms with Gasteiger partial charge in [0.1, 0.15) is 0 Å². The second-order valence-corrected chi connectivity index (χ2v) is 10.1. The van der Waals surface area contributed by atoms with Crippen LogP contribution in [0.4, 0.5) is 5.13 Å². The Bertz CT molecular complexity index is 938. The topological polar surface area (TPSA) is 36.4 Å². The van der Waals surface area contributed by atoms with Crippen molar-refractivity contribution in [3.05, 3.63) is 44.1 Å². The zero-order valence-corrected chi connectivity index (χ0v) is 19.8. The van der Waals surface area contributed by atoms with E-state index in [2.05, 4.69) is 46.8 Å². The fourth-order valence-corrected chi connectivity index (χ4v) is 5.37. The van der Waals surface area contributed by atoms with E-state index in [1.165, 1.54) is 16.9 Å². The number of thiazole rings is 1. The predicted octanol–water partition coefficient (Wildman–Crippen LogP) is 5.76. The number of amides is 1. The summed E-state index contributed by atoms with van der Waals surface area (Å²) in [6.07, 6.45) is 0.902. The number of aryl methyl sites for hydroxylation is 2. The van der Waals surface area contributed by atoms with Crippen molar-refractivity contribution < 1.29 is 4.79 Å². The second kappa shape index (κ2) is 9.47. The molecule has 8 heteroatoms. The van der Waals surface area contributed by atoms with Gasteiger partial charge in [0.25, 0.3) is 5.91 Å². The number of hydrogen-bond donors (Lipinski definition) is 0. The fourth-order valence-electron chi connectivity index (χ4n) is 2.87. The summed E-state index contributed by atoms with van der Waals surface area (Å²) in [4.78, 5) is 22.6. The van der Waals surface area contributed by atoms with Crippen LogP contribution in [0.25, 0.3) is 10.2 Å². The van der Waals surface area contributed by atoms with Gasteiger partial charge in [-0.25, -0.2) is 4.98 Å². The van der Waals surface area contributed by atoms with E-state index in [-0.39, 0.29) is 18.3 Å². The molecule has 3 aromatic rings. The number of aromatic nitrogens is 1. The molecule has 4 nitrogen and oxygen atoms in total. The highest BCUT2D eigenvalue weighted by molar-refractivity contribution is 9.11. The molecule has 1 amide bonds. The number of carbonyl (C=O) groups excluding carboxylic acids is 1. The first-order valence-corrected chi connectivity index (χ1v) is 10.9. The molecular weight excluding hydrogens is 466 g/mol. The number of fused-ring (bicyclic) bond motifs is 1. The number of anilines is 1. The lowest BCUT2D eigenvalue weighted by Crippen LogP contribution is -2.32. The van der Waals surface area contributed by atoms with Gasteiger partial charge < -0.3 is 4.90 Å². The summed E-state index contributed by atoms with van der Waals surface area (Å²) in [7, 11) is 4.10. The molecule has 0 atom stereocenters. The molecule has 0 N–H and O–H groups in total. The number of carbonyl (C=O) groups is 1. The first-order chi connectivity index (χ1) is 12.3. The monoisotopic (exact) mass is 487 g/mol. The van der Waals surface area contributed by atoms with Gasteiger partial charge in [-0.15, -0.1) is 23.7 Å². The minimum absolute atomic E-state index is 0. The minimum Gasteiger partial charge on any atom is -0.309 e. The van der Waals surface area contributed by atoms with E-state index < -0.39 is 0 Å². The van der Waals surface area contributed by atoms with Crippen molar-refractivity contribution in [2.24, 2.45) is 0 Å². The maximum Gasteiger partial charge on any atom is 0.270 e. The van der Waals surface area contributed by atoms with Crippen molar-refractivity contribution in [2.45, 2.75) is 20.3 Å². The van der Waals surface area contributed by atoms with Gasteiger partial charge in [-0.2, -0.15) is 0 Å². The number of rotatable bonds is 6. The molecule has 1 aromatic carbocycles. The lowest BCUT2D eigenvalue weighted by molar-refractivity contribution is 0.0990. The lowest BCUT2D eigenvalue weighted by atomic mass is 10.1. The van der Waals surface area contributed by atoms with Crippen LogP contribution in [0.1, 0.15) is 27.2 Å². The highest BCUT2D eigenvalue weighted by atomic mass is 79.9. The van der Waals surface area contributed by atoms with Gasteiger partial charge in [-0.05, 0) is 86.2 Å². The molecule has 0 aliphatic rings. The van der Waals surface area contributed by atoms with Crippen molar-refractivity contribution in [1.82, 2.24) is 9.88 Å². The smallest absolute Gasteiger partial charge is 0.270 e. The number of nitrogens with zero attached hydrogens (tertiary/aromatic N) is 3. The fraction of sp³-hybridized carbons (Fsp3) is 0.368. The van der Waals surface area contributed by atoms with Gasteiger partial charge in [0.15, 0.2) is 5.13 Å². The van der Waals surface area contributed by atoms with Crippen molar-refractivity contribution in [3.63, 3.8) is 0 Å². The Kier molecular flexibility index (Phi) is 7.83. The van der Waals surface area contributed by atoms with Gasteiger partial charge in [0.05, 0.1) is 18.9 Å². The normalized spacial score (nSPS) is 11.0. The first kappa shape index (κ1) is 22.3. The molecule has 2 aromatic heterocycles. The maximum atomic E-state index is 13.1. The van der Waals surface area contributed by atoms with Crippen LogP contribution in [-0.4, -0.2) is 43.0 Å². The summed E-state index contributed by atoms with van der Waals surface area (Å²) < 4.78 is 2.10. The molecule has 0 spiro atoms. The summed E-state index contributed by atoms with van der Waals surface area (Å²) in [5, 5.41) is 0.780. The van der Waals surface area contributed by atoms with Crippen LogP contribution in [-0.2, 0) is 0 Å². The number of halogens is 2. The Balaban J connectivity index is 0.00000261. The average molecular weight is 489 g/mol. The molecule has 0 radical (unpaired) electrons. The highest BCUT2D eigenvalue weighted by Gasteiger charge is 2.23. The van der Waals surface area contributed by atoms with E-state index in [9.17, 15) is 4.79 Å². The third kappa shape index (κ3) is 5.29. The van der Waals surface area contributed by atoms with Crippen molar-refractivity contribution in [3.8, 4) is 0 Å². The molecule has 146 valence electrons. The summed E-state index contributed by atoms with van der Waals surface area (Å²) in [5.74, 6) is 0.0212. The van der Waals surface area contributed by atoms with Crippen LogP contribution in [0.3, 0.4) is 0 Å². The Morgan fingerprint density at radius 1 is 1.15 bits per heavy atom. The molecule has 0 unspecified atom stereocenters. The van der Waals surface area contributed by atoms with Crippen molar-refractivity contribution >= 4 is 72.3 Å². The quantitative estimate of drug-likeness (QED) is 0.443. The van der Waals surface area contributed by atoms with Crippen LogP contribution >= 0.6 is 51.0 Å². The SMILES string of the molecule is Cc1cc(C)c2nc(N(CCCN(C)C)C(=O)c3ccc(Br)s3)sc2c1.Cl. The summed E-state index contributed by atoms with van der Waals surface area (Å²) in [6, 6.07) is 8.08. The molecule has 0 aliphatic carbocycles. The molecule has 2 heterocycles. The molecule has 0 aliphatic heterocycles. The molecule has 0 saturated heterocycles. The molecule has 0 fully saturated rings. The Morgan fingerprint density at radius 3 is 2.52 bits per heavy atom.